The fraction of sp³-hybridized carbons (Fsp3) is 0.727. The van der Waals surface area contributed by atoms with Crippen LogP contribution in [-0.2, 0) is 6.54 Å². The van der Waals surface area contributed by atoms with Gasteiger partial charge in [0.2, 0.25) is 0 Å². The minimum absolute atomic E-state index is 0.651. The lowest BCUT2D eigenvalue weighted by Gasteiger charge is -2.18. The van der Waals surface area contributed by atoms with E-state index in [1.807, 2.05) is 17.5 Å². The molecule has 2 nitrogen and oxygen atoms in total. The smallest absolute Gasteiger partial charge is 0.0961 e. The molecule has 3 unspecified atom stereocenters. The molecule has 2 aliphatic rings. The van der Waals surface area contributed by atoms with E-state index in [0.717, 1.165) is 17.8 Å². The van der Waals surface area contributed by atoms with Crippen LogP contribution in [0.15, 0.2) is 6.20 Å². The second-order valence-corrected chi connectivity index (χ2v) is 5.80. The quantitative estimate of drug-likeness (QED) is 0.811. The molecule has 76 valence electrons. The van der Waals surface area contributed by atoms with Gasteiger partial charge in [-0.05, 0) is 31.1 Å². The van der Waals surface area contributed by atoms with Crippen LogP contribution in [0.5, 0.6) is 0 Å². The van der Waals surface area contributed by atoms with Crippen LogP contribution in [0.1, 0.15) is 41.5 Å². The molecular formula is C11H16N2S. The van der Waals surface area contributed by atoms with Crippen LogP contribution in [0, 0.1) is 11.8 Å². The van der Waals surface area contributed by atoms with Crippen LogP contribution in [0.4, 0.5) is 0 Å². The number of nitrogens with two attached hydrogens (primary N) is 1. The van der Waals surface area contributed by atoms with E-state index in [1.165, 1.54) is 35.6 Å². The molecule has 14 heavy (non-hydrogen) atoms. The van der Waals surface area contributed by atoms with Gasteiger partial charge in [-0.1, -0.05) is 6.42 Å². The van der Waals surface area contributed by atoms with Gasteiger partial charge in [-0.3, -0.25) is 0 Å². The fourth-order valence-corrected chi connectivity index (χ4v) is 4.14. The molecule has 1 heterocycles. The van der Waals surface area contributed by atoms with Gasteiger partial charge >= 0.3 is 0 Å². The molecule has 2 fully saturated rings. The van der Waals surface area contributed by atoms with E-state index in [1.54, 1.807) is 0 Å². The Morgan fingerprint density at radius 1 is 1.43 bits per heavy atom. The van der Waals surface area contributed by atoms with E-state index >= 15 is 0 Å². The topological polar surface area (TPSA) is 38.9 Å². The zero-order valence-corrected chi connectivity index (χ0v) is 9.09. The van der Waals surface area contributed by atoms with Crippen molar-refractivity contribution in [2.75, 3.05) is 0 Å². The van der Waals surface area contributed by atoms with Gasteiger partial charge in [0.25, 0.3) is 0 Å². The van der Waals surface area contributed by atoms with Crippen molar-refractivity contribution in [3.8, 4) is 0 Å². The minimum Gasteiger partial charge on any atom is -0.326 e. The summed E-state index contributed by atoms with van der Waals surface area (Å²) in [6.45, 7) is 0.651. The number of hydrogen-bond donors (Lipinski definition) is 1. The van der Waals surface area contributed by atoms with Gasteiger partial charge in [-0.2, -0.15) is 0 Å². The summed E-state index contributed by atoms with van der Waals surface area (Å²) >= 11 is 1.83. The maximum absolute atomic E-state index is 5.61. The zero-order valence-electron chi connectivity index (χ0n) is 8.28. The molecular weight excluding hydrogens is 192 g/mol. The van der Waals surface area contributed by atoms with E-state index in [0.29, 0.717) is 6.54 Å². The summed E-state index contributed by atoms with van der Waals surface area (Å²) in [5.41, 5.74) is 5.61. The number of aromatic nitrogens is 1. The normalized spacial score (nSPS) is 35.4. The third kappa shape index (κ3) is 1.30. The van der Waals surface area contributed by atoms with Crippen LogP contribution in [0.2, 0.25) is 0 Å². The van der Waals surface area contributed by atoms with Gasteiger partial charge in [-0.15, -0.1) is 11.3 Å². The number of fused-ring (bicyclic) bond motifs is 2. The summed E-state index contributed by atoms with van der Waals surface area (Å²) in [4.78, 5) is 5.76. The Kier molecular flexibility index (Phi) is 2.10. The van der Waals surface area contributed by atoms with Gasteiger partial charge in [0.15, 0.2) is 0 Å². The van der Waals surface area contributed by atoms with Crippen LogP contribution < -0.4 is 5.73 Å². The highest BCUT2D eigenvalue weighted by atomic mass is 32.1. The molecule has 3 heteroatoms. The first-order valence-corrected chi connectivity index (χ1v) is 6.33. The second kappa shape index (κ2) is 3.31. The molecule has 2 aliphatic carbocycles. The average Bonchev–Trinajstić information content (AvgIpc) is 2.93. The highest BCUT2D eigenvalue weighted by Gasteiger charge is 2.41. The Hall–Kier alpha value is -0.410. The Balaban J connectivity index is 1.82. The van der Waals surface area contributed by atoms with E-state index in [2.05, 4.69) is 4.98 Å². The number of thiazole rings is 1. The van der Waals surface area contributed by atoms with Gasteiger partial charge in [-0.25, -0.2) is 4.98 Å². The summed E-state index contributed by atoms with van der Waals surface area (Å²) in [5, 5.41) is 1.36. The van der Waals surface area contributed by atoms with Gasteiger partial charge in [0, 0.05) is 23.5 Å². The Morgan fingerprint density at radius 2 is 2.36 bits per heavy atom. The maximum atomic E-state index is 5.61. The van der Waals surface area contributed by atoms with Gasteiger partial charge in [0.1, 0.15) is 0 Å². The number of hydrogen-bond acceptors (Lipinski definition) is 3. The maximum Gasteiger partial charge on any atom is 0.0961 e. The van der Waals surface area contributed by atoms with Crippen molar-refractivity contribution in [1.29, 1.82) is 0 Å². The monoisotopic (exact) mass is 208 g/mol. The lowest BCUT2D eigenvalue weighted by molar-refractivity contribution is 0.419. The summed E-state index contributed by atoms with van der Waals surface area (Å²) in [7, 11) is 0. The first-order valence-electron chi connectivity index (χ1n) is 5.51. The predicted molar refractivity (Wildman–Crippen MR) is 58.2 cm³/mol. The molecule has 0 radical (unpaired) electrons. The Bertz CT molecular complexity index is 334. The van der Waals surface area contributed by atoms with Crippen molar-refractivity contribution >= 4 is 11.3 Å². The van der Waals surface area contributed by atoms with Gasteiger partial charge in [0.05, 0.1) is 5.01 Å². The van der Waals surface area contributed by atoms with Crippen molar-refractivity contribution < 1.29 is 0 Å². The lowest BCUT2D eigenvalue weighted by Crippen LogP contribution is -2.07. The van der Waals surface area contributed by atoms with Crippen molar-refractivity contribution in [1.82, 2.24) is 4.98 Å². The van der Waals surface area contributed by atoms with Crippen LogP contribution in [-0.4, -0.2) is 4.98 Å². The summed E-state index contributed by atoms with van der Waals surface area (Å²) in [6.07, 6.45) is 7.72. The average molecular weight is 208 g/mol. The molecule has 2 N–H and O–H groups in total. The van der Waals surface area contributed by atoms with Crippen molar-refractivity contribution in [2.45, 2.75) is 38.1 Å². The molecule has 1 aromatic rings. The summed E-state index contributed by atoms with van der Waals surface area (Å²) in [5.74, 6) is 2.73. The minimum atomic E-state index is 0.651. The third-order valence-electron chi connectivity index (χ3n) is 3.83. The molecule has 2 bridgehead atoms. The Labute approximate surface area is 88.5 Å². The molecule has 3 rings (SSSR count). The Morgan fingerprint density at radius 3 is 2.93 bits per heavy atom. The van der Waals surface area contributed by atoms with Crippen molar-refractivity contribution in [3.05, 3.63) is 16.1 Å². The molecule has 0 spiro atoms. The van der Waals surface area contributed by atoms with Gasteiger partial charge < -0.3 is 5.73 Å². The van der Waals surface area contributed by atoms with Crippen LogP contribution in [0.3, 0.4) is 0 Å². The van der Waals surface area contributed by atoms with Crippen LogP contribution in [0.25, 0.3) is 0 Å². The molecule has 0 amide bonds. The van der Waals surface area contributed by atoms with Crippen molar-refractivity contribution in [2.24, 2.45) is 17.6 Å². The molecule has 0 aromatic carbocycles. The summed E-state index contributed by atoms with van der Waals surface area (Å²) in [6, 6.07) is 0. The predicted octanol–water partition coefficient (Wildman–Crippen LogP) is 2.51. The molecule has 1 aromatic heterocycles. The largest absolute Gasteiger partial charge is 0.326 e. The fourth-order valence-electron chi connectivity index (χ4n) is 3.14. The molecule has 0 saturated heterocycles. The van der Waals surface area contributed by atoms with Crippen molar-refractivity contribution in [3.63, 3.8) is 0 Å². The lowest BCUT2D eigenvalue weighted by atomic mass is 9.89. The zero-order chi connectivity index (χ0) is 9.54. The van der Waals surface area contributed by atoms with Crippen LogP contribution >= 0.6 is 11.3 Å². The first kappa shape index (κ1) is 8.86. The molecule has 3 atom stereocenters. The van der Waals surface area contributed by atoms with E-state index in [9.17, 15) is 0 Å². The standard InChI is InChI=1S/C11H16N2S/c12-5-9-6-13-11(14-9)10-4-7-1-2-8(10)3-7/h6-8,10H,1-5,12H2. The molecule has 2 saturated carbocycles. The highest BCUT2D eigenvalue weighted by Crippen LogP contribution is 2.53. The highest BCUT2D eigenvalue weighted by molar-refractivity contribution is 7.11. The number of rotatable bonds is 2. The van der Waals surface area contributed by atoms with E-state index in [-0.39, 0.29) is 0 Å². The number of nitrogens with zero attached hydrogens (tertiary/aromatic N) is 1. The SMILES string of the molecule is NCc1cnc(C2CC3CCC2C3)s1. The summed E-state index contributed by atoms with van der Waals surface area (Å²) < 4.78 is 0. The van der Waals surface area contributed by atoms with E-state index in [4.69, 9.17) is 5.73 Å². The third-order valence-corrected chi connectivity index (χ3v) is 4.98. The molecule has 0 aliphatic heterocycles. The van der Waals surface area contributed by atoms with E-state index < -0.39 is 0 Å². The second-order valence-electron chi connectivity index (χ2n) is 4.65. The first-order chi connectivity index (χ1) is 6.86.